The van der Waals surface area contributed by atoms with E-state index in [1.165, 1.54) is 23.1 Å². The summed E-state index contributed by atoms with van der Waals surface area (Å²) in [5.74, 6) is -0.168. The van der Waals surface area contributed by atoms with Gasteiger partial charge in [0.15, 0.2) is 0 Å². The Morgan fingerprint density at radius 2 is 2.18 bits per heavy atom. The predicted octanol–water partition coefficient (Wildman–Crippen LogP) is 4.10. The maximum Gasteiger partial charge on any atom is 0.263 e. The molecule has 7 heteroatoms. The van der Waals surface area contributed by atoms with Crippen LogP contribution in [-0.2, 0) is 4.79 Å². The molecule has 1 aliphatic heterocycles. The van der Waals surface area contributed by atoms with Crippen molar-refractivity contribution < 1.29 is 4.79 Å². The molecule has 1 N–H and O–H groups in total. The normalized spacial score (nSPS) is 18.4. The Morgan fingerprint density at radius 3 is 2.71 bits per heavy atom. The van der Waals surface area contributed by atoms with E-state index < -0.39 is 0 Å². The van der Waals surface area contributed by atoms with Crippen molar-refractivity contribution in [2.24, 2.45) is 0 Å². The summed E-state index contributed by atoms with van der Waals surface area (Å²) >= 11 is 19.2. The van der Waals surface area contributed by atoms with E-state index in [0.29, 0.717) is 17.9 Å². The first-order chi connectivity index (χ1) is 8.06. The quantitative estimate of drug-likeness (QED) is 0.656. The van der Waals surface area contributed by atoms with E-state index in [1.54, 1.807) is 24.3 Å². The third kappa shape index (κ3) is 3.33. The standard InChI is InChI=1S/C10H5Cl2NOS3/c11-7-4-5(8(12)17-7)2-1-3-6-9(14)13-10(15)16-6/h1-4H,(H,13,14,15)/b2-1+,6-3-. The number of hydrogen-bond donors (Lipinski definition) is 1. The van der Waals surface area contributed by atoms with E-state index in [9.17, 15) is 4.79 Å². The minimum atomic E-state index is -0.168. The van der Waals surface area contributed by atoms with Gasteiger partial charge in [0, 0.05) is 5.56 Å². The summed E-state index contributed by atoms with van der Waals surface area (Å²) < 4.78 is 1.74. The van der Waals surface area contributed by atoms with Crippen LogP contribution >= 0.6 is 58.5 Å². The highest BCUT2D eigenvalue weighted by molar-refractivity contribution is 8.26. The van der Waals surface area contributed by atoms with Gasteiger partial charge in [-0.15, -0.1) is 11.3 Å². The maximum absolute atomic E-state index is 11.3. The third-order valence-electron chi connectivity index (χ3n) is 1.85. The zero-order valence-electron chi connectivity index (χ0n) is 8.20. The van der Waals surface area contributed by atoms with Crippen molar-refractivity contribution >= 4 is 74.8 Å². The fourth-order valence-electron chi connectivity index (χ4n) is 1.14. The Hall–Kier alpha value is -0.330. The molecule has 2 heterocycles. The van der Waals surface area contributed by atoms with Crippen LogP contribution < -0.4 is 5.32 Å². The zero-order chi connectivity index (χ0) is 12.4. The van der Waals surface area contributed by atoms with Crippen LogP contribution in [-0.4, -0.2) is 10.2 Å². The molecule has 1 amide bonds. The second-order valence-corrected chi connectivity index (χ2v) is 7.02. The minimum absolute atomic E-state index is 0.168. The zero-order valence-corrected chi connectivity index (χ0v) is 12.2. The average molecular weight is 322 g/mol. The average Bonchev–Trinajstić information content (AvgIpc) is 2.71. The fraction of sp³-hybridized carbons (Fsp3) is 0. The fourth-order valence-corrected chi connectivity index (χ4v) is 3.57. The van der Waals surface area contributed by atoms with E-state index in [-0.39, 0.29) is 5.91 Å². The summed E-state index contributed by atoms with van der Waals surface area (Å²) in [7, 11) is 0. The first-order valence-electron chi connectivity index (χ1n) is 4.42. The second-order valence-electron chi connectivity index (χ2n) is 3.01. The van der Waals surface area contributed by atoms with Gasteiger partial charge in [-0.3, -0.25) is 4.79 Å². The highest BCUT2D eigenvalue weighted by atomic mass is 35.5. The van der Waals surface area contributed by atoms with E-state index in [1.807, 2.05) is 0 Å². The minimum Gasteiger partial charge on any atom is -0.307 e. The van der Waals surface area contributed by atoms with Gasteiger partial charge in [0.05, 0.1) is 9.24 Å². The molecule has 2 nitrogen and oxygen atoms in total. The van der Waals surface area contributed by atoms with Crippen LogP contribution in [0.1, 0.15) is 5.56 Å². The molecule has 0 radical (unpaired) electrons. The van der Waals surface area contributed by atoms with Crippen molar-refractivity contribution in [3.05, 3.63) is 37.4 Å². The molecule has 2 rings (SSSR count). The molecule has 0 aliphatic carbocycles. The van der Waals surface area contributed by atoms with Gasteiger partial charge in [-0.2, -0.15) is 0 Å². The SMILES string of the molecule is O=C1NC(=S)S/C1=C\C=C\c1cc(Cl)sc1Cl. The van der Waals surface area contributed by atoms with Crippen LogP contribution in [0, 0.1) is 0 Å². The van der Waals surface area contributed by atoms with Crippen molar-refractivity contribution in [2.45, 2.75) is 0 Å². The van der Waals surface area contributed by atoms with Crippen molar-refractivity contribution in [1.29, 1.82) is 0 Å². The molecule has 0 spiro atoms. The van der Waals surface area contributed by atoms with Gasteiger partial charge >= 0.3 is 0 Å². The van der Waals surface area contributed by atoms with E-state index >= 15 is 0 Å². The molecule has 88 valence electrons. The number of thioether (sulfide) groups is 1. The maximum atomic E-state index is 11.3. The predicted molar refractivity (Wildman–Crippen MR) is 79.8 cm³/mol. The van der Waals surface area contributed by atoms with Gasteiger partial charge < -0.3 is 5.32 Å². The molecule has 1 fully saturated rings. The summed E-state index contributed by atoms with van der Waals surface area (Å²) in [5.41, 5.74) is 0.837. The number of carbonyl (C=O) groups is 1. The Morgan fingerprint density at radius 1 is 1.41 bits per heavy atom. The number of nitrogens with one attached hydrogen (secondary N) is 1. The Balaban J connectivity index is 2.12. The first-order valence-corrected chi connectivity index (χ1v) is 7.22. The highest BCUT2D eigenvalue weighted by Gasteiger charge is 2.20. The summed E-state index contributed by atoms with van der Waals surface area (Å²) in [6.07, 6.45) is 5.24. The lowest BCUT2D eigenvalue weighted by Gasteiger charge is -1.87. The van der Waals surface area contributed by atoms with Crippen molar-refractivity contribution in [3.8, 4) is 0 Å². The van der Waals surface area contributed by atoms with E-state index in [4.69, 9.17) is 35.4 Å². The Bertz CT molecular complexity index is 548. The number of hydrogen-bond acceptors (Lipinski definition) is 4. The second kappa shape index (κ2) is 5.54. The van der Waals surface area contributed by atoms with Crippen LogP contribution in [0.5, 0.6) is 0 Å². The van der Waals surface area contributed by atoms with E-state index in [0.717, 1.165) is 5.56 Å². The van der Waals surface area contributed by atoms with Crippen LogP contribution in [0.4, 0.5) is 0 Å². The molecule has 0 atom stereocenters. The molecule has 0 saturated carbocycles. The molecular weight excluding hydrogens is 317 g/mol. The van der Waals surface area contributed by atoms with Crippen molar-refractivity contribution in [1.82, 2.24) is 5.32 Å². The number of amides is 1. The largest absolute Gasteiger partial charge is 0.307 e. The number of allylic oxidation sites excluding steroid dienone is 2. The summed E-state index contributed by atoms with van der Waals surface area (Å²) in [4.78, 5) is 11.9. The molecule has 0 bridgehead atoms. The molecule has 0 aromatic carbocycles. The third-order valence-corrected chi connectivity index (χ3v) is 4.55. The van der Waals surface area contributed by atoms with Crippen LogP contribution in [0.15, 0.2) is 23.1 Å². The summed E-state index contributed by atoms with van der Waals surface area (Å²) in [6, 6.07) is 1.77. The van der Waals surface area contributed by atoms with Crippen LogP contribution in [0.25, 0.3) is 6.08 Å². The molecule has 1 aromatic rings. The van der Waals surface area contributed by atoms with Crippen LogP contribution in [0.3, 0.4) is 0 Å². The van der Waals surface area contributed by atoms with Gasteiger partial charge in [0.1, 0.15) is 8.66 Å². The van der Waals surface area contributed by atoms with Crippen molar-refractivity contribution in [3.63, 3.8) is 0 Å². The number of halogens is 2. The Kier molecular flexibility index (Phi) is 4.27. The lowest BCUT2D eigenvalue weighted by Crippen LogP contribution is -2.17. The van der Waals surface area contributed by atoms with Crippen molar-refractivity contribution in [2.75, 3.05) is 0 Å². The lowest BCUT2D eigenvalue weighted by atomic mass is 10.3. The van der Waals surface area contributed by atoms with Gasteiger partial charge in [-0.05, 0) is 12.1 Å². The topological polar surface area (TPSA) is 29.1 Å². The van der Waals surface area contributed by atoms with Gasteiger partial charge in [-0.1, -0.05) is 59.3 Å². The Labute approximate surface area is 122 Å². The first kappa shape index (κ1) is 13.1. The summed E-state index contributed by atoms with van der Waals surface area (Å²) in [6.45, 7) is 0. The van der Waals surface area contributed by atoms with Gasteiger partial charge in [0.25, 0.3) is 5.91 Å². The number of thiophene rings is 1. The van der Waals surface area contributed by atoms with Gasteiger partial charge in [-0.25, -0.2) is 0 Å². The molecule has 1 saturated heterocycles. The van der Waals surface area contributed by atoms with Crippen LogP contribution in [0.2, 0.25) is 8.67 Å². The molecule has 1 aliphatic rings. The number of carbonyl (C=O) groups excluding carboxylic acids is 1. The number of thiocarbonyl (C=S) groups is 1. The molecule has 0 unspecified atom stereocenters. The smallest absolute Gasteiger partial charge is 0.263 e. The summed E-state index contributed by atoms with van der Waals surface area (Å²) in [5, 5.41) is 2.54. The molecule has 17 heavy (non-hydrogen) atoms. The highest BCUT2D eigenvalue weighted by Crippen LogP contribution is 2.32. The molecular formula is C10H5Cl2NOS3. The number of rotatable bonds is 2. The lowest BCUT2D eigenvalue weighted by molar-refractivity contribution is -0.115. The monoisotopic (exact) mass is 321 g/mol. The van der Waals surface area contributed by atoms with Gasteiger partial charge in [0.2, 0.25) is 0 Å². The van der Waals surface area contributed by atoms with E-state index in [2.05, 4.69) is 5.32 Å². The molecule has 1 aromatic heterocycles.